The van der Waals surface area contributed by atoms with E-state index in [9.17, 15) is 17.2 Å². The maximum Gasteiger partial charge on any atom is 0.264 e. The molecule has 0 saturated carbocycles. The molecule has 9 heteroatoms. The van der Waals surface area contributed by atoms with Gasteiger partial charge in [0, 0.05) is 24.0 Å². The molecule has 1 aromatic carbocycles. The fourth-order valence-electron chi connectivity index (χ4n) is 2.09. The number of hydrogen-bond acceptors (Lipinski definition) is 4. The van der Waals surface area contributed by atoms with Crippen LogP contribution in [0.2, 0.25) is 5.15 Å². The van der Waals surface area contributed by atoms with Crippen molar-refractivity contribution in [2.75, 3.05) is 4.72 Å². The van der Waals surface area contributed by atoms with Crippen LogP contribution in [0.3, 0.4) is 0 Å². The van der Waals surface area contributed by atoms with E-state index in [1.165, 1.54) is 12.3 Å². The number of benzene rings is 1. The van der Waals surface area contributed by atoms with Crippen LogP contribution in [-0.2, 0) is 10.0 Å². The van der Waals surface area contributed by atoms with Gasteiger partial charge in [0.2, 0.25) is 0 Å². The molecule has 5 nitrogen and oxygen atoms in total. The van der Waals surface area contributed by atoms with E-state index in [2.05, 4.69) is 14.7 Å². The molecule has 2 heterocycles. The molecule has 0 aliphatic carbocycles. The first kappa shape index (κ1) is 17.2. The maximum atomic E-state index is 13.8. The van der Waals surface area contributed by atoms with Crippen LogP contribution in [0, 0.1) is 11.6 Å². The second-order valence-corrected chi connectivity index (χ2v) is 6.97. The highest BCUT2D eigenvalue weighted by molar-refractivity contribution is 7.92. The average molecular weight is 382 g/mol. The Morgan fingerprint density at radius 3 is 2.52 bits per heavy atom. The van der Waals surface area contributed by atoms with Gasteiger partial charge in [-0.3, -0.25) is 9.71 Å². The zero-order valence-electron chi connectivity index (χ0n) is 12.4. The van der Waals surface area contributed by atoms with Crippen LogP contribution in [-0.4, -0.2) is 18.4 Å². The summed E-state index contributed by atoms with van der Waals surface area (Å²) >= 11 is 5.93. The lowest BCUT2D eigenvalue weighted by atomic mass is 10.2. The lowest BCUT2D eigenvalue weighted by Gasteiger charge is -2.11. The molecule has 0 saturated heterocycles. The highest BCUT2D eigenvalue weighted by Crippen LogP contribution is 2.28. The van der Waals surface area contributed by atoms with Gasteiger partial charge in [0.25, 0.3) is 10.0 Å². The summed E-state index contributed by atoms with van der Waals surface area (Å²) in [6.45, 7) is 0. The molecule has 3 rings (SSSR count). The molecule has 25 heavy (non-hydrogen) atoms. The Morgan fingerprint density at radius 2 is 1.84 bits per heavy atom. The number of hydrogen-bond donors (Lipinski definition) is 1. The summed E-state index contributed by atoms with van der Waals surface area (Å²) in [5.41, 5.74) is 1.02. The first-order chi connectivity index (χ1) is 11.9. The fourth-order valence-corrected chi connectivity index (χ4v) is 3.41. The topological polar surface area (TPSA) is 72.0 Å². The Bertz CT molecular complexity index is 1030. The average Bonchev–Trinajstić information content (AvgIpc) is 2.57. The SMILES string of the molecule is O=S(=O)(Nc1cc(-c2ccccn2)cnc1Cl)c1ccc(F)cc1F. The normalized spacial score (nSPS) is 11.3. The Labute approximate surface area is 147 Å². The first-order valence-corrected chi connectivity index (χ1v) is 8.78. The zero-order chi connectivity index (χ0) is 18.0. The number of aromatic nitrogens is 2. The van der Waals surface area contributed by atoms with Crippen molar-refractivity contribution < 1.29 is 17.2 Å². The van der Waals surface area contributed by atoms with Crippen LogP contribution in [0.5, 0.6) is 0 Å². The minimum Gasteiger partial charge on any atom is -0.276 e. The molecule has 1 N–H and O–H groups in total. The van der Waals surface area contributed by atoms with Crippen molar-refractivity contribution >= 4 is 27.3 Å². The van der Waals surface area contributed by atoms with Crippen molar-refractivity contribution in [1.29, 1.82) is 0 Å². The summed E-state index contributed by atoms with van der Waals surface area (Å²) in [7, 11) is -4.32. The van der Waals surface area contributed by atoms with Gasteiger partial charge in [0.05, 0.1) is 11.4 Å². The zero-order valence-corrected chi connectivity index (χ0v) is 14.0. The van der Waals surface area contributed by atoms with Crippen LogP contribution in [0.25, 0.3) is 11.3 Å². The molecule has 0 radical (unpaired) electrons. The van der Waals surface area contributed by atoms with E-state index >= 15 is 0 Å². The van der Waals surface area contributed by atoms with E-state index in [0.717, 1.165) is 12.1 Å². The van der Waals surface area contributed by atoms with Crippen molar-refractivity contribution in [1.82, 2.24) is 9.97 Å². The van der Waals surface area contributed by atoms with Gasteiger partial charge in [-0.05, 0) is 30.3 Å². The van der Waals surface area contributed by atoms with Crippen LogP contribution in [0.1, 0.15) is 0 Å². The number of halogens is 3. The molecule has 2 aromatic heterocycles. The molecular formula is C16H10ClF2N3O2S. The Balaban J connectivity index is 1.99. The van der Waals surface area contributed by atoms with Crippen LogP contribution >= 0.6 is 11.6 Å². The van der Waals surface area contributed by atoms with Gasteiger partial charge in [-0.25, -0.2) is 22.2 Å². The lowest BCUT2D eigenvalue weighted by molar-refractivity contribution is 0.551. The molecule has 0 atom stereocenters. The molecule has 0 aliphatic rings. The number of sulfonamides is 1. The Hall–Kier alpha value is -2.58. The Kier molecular flexibility index (Phi) is 4.65. The fraction of sp³-hybridized carbons (Fsp3) is 0. The summed E-state index contributed by atoms with van der Waals surface area (Å²) in [5, 5.41) is -0.120. The van der Waals surface area contributed by atoms with E-state index in [0.29, 0.717) is 17.3 Å². The van der Waals surface area contributed by atoms with Crippen LogP contribution in [0.15, 0.2) is 59.8 Å². The van der Waals surface area contributed by atoms with E-state index in [-0.39, 0.29) is 10.8 Å². The van der Waals surface area contributed by atoms with E-state index in [1.807, 2.05) is 0 Å². The van der Waals surface area contributed by atoms with Crippen LogP contribution < -0.4 is 4.72 Å². The predicted octanol–water partition coefficient (Wildman–Crippen LogP) is 3.88. The number of nitrogens with zero attached hydrogens (tertiary/aromatic N) is 2. The van der Waals surface area contributed by atoms with Crippen molar-refractivity contribution in [3.05, 3.63) is 71.6 Å². The van der Waals surface area contributed by atoms with Gasteiger partial charge in [-0.2, -0.15) is 0 Å². The number of pyridine rings is 2. The van der Waals surface area contributed by atoms with Gasteiger partial charge >= 0.3 is 0 Å². The van der Waals surface area contributed by atoms with E-state index < -0.39 is 26.6 Å². The molecule has 0 unspecified atom stereocenters. The maximum absolute atomic E-state index is 13.8. The second kappa shape index (κ2) is 6.73. The summed E-state index contributed by atoms with van der Waals surface area (Å²) in [6.07, 6.45) is 3.00. The van der Waals surface area contributed by atoms with E-state index in [1.54, 1.807) is 24.4 Å². The third kappa shape index (κ3) is 3.75. The van der Waals surface area contributed by atoms with Crippen molar-refractivity contribution in [2.24, 2.45) is 0 Å². The predicted molar refractivity (Wildman–Crippen MR) is 89.6 cm³/mol. The first-order valence-electron chi connectivity index (χ1n) is 6.91. The standard InChI is InChI=1S/C16H10ClF2N3O2S/c17-16-14(7-10(9-21-16)13-3-1-2-6-20-13)22-25(23,24)15-5-4-11(18)8-12(15)19/h1-9,22H. The summed E-state index contributed by atoms with van der Waals surface area (Å²) in [6, 6.07) is 8.79. The molecular weight excluding hydrogens is 372 g/mol. The van der Waals surface area contributed by atoms with Crippen molar-refractivity contribution in [3.8, 4) is 11.3 Å². The molecule has 3 aromatic rings. The molecule has 0 spiro atoms. The molecule has 0 bridgehead atoms. The summed E-state index contributed by atoms with van der Waals surface area (Å²) in [5.74, 6) is -2.09. The highest BCUT2D eigenvalue weighted by Gasteiger charge is 2.21. The lowest BCUT2D eigenvalue weighted by Crippen LogP contribution is -2.15. The third-order valence-electron chi connectivity index (χ3n) is 3.23. The molecule has 0 amide bonds. The van der Waals surface area contributed by atoms with Gasteiger partial charge in [-0.1, -0.05) is 17.7 Å². The minimum absolute atomic E-state index is 0.0476. The van der Waals surface area contributed by atoms with Gasteiger partial charge in [0.15, 0.2) is 5.15 Å². The quantitative estimate of drug-likeness (QED) is 0.696. The van der Waals surface area contributed by atoms with Crippen molar-refractivity contribution in [2.45, 2.75) is 4.90 Å². The number of anilines is 1. The summed E-state index contributed by atoms with van der Waals surface area (Å²) < 4.78 is 53.6. The van der Waals surface area contributed by atoms with Gasteiger partial charge in [0.1, 0.15) is 16.5 Å². The second-order valence-electron chi connectivity index (χ2n) is 4.96. The van der Waals surface area contributed by atoms with Crippen LogP contribution in [0.4, 0.5) is 14.5 Å². The molecule has 128 valence electrons. The number of nitrogens with one attached hydrogen (secondary N) is 1. The molecule has 0 aliphatic heterocycles. The van der Waals surface area contributed by atoms with Crippen molar-refractivity contribution in [3.63, 3.8) is 0 Å². The van der Waals surface area contributed by atoms with E-state index in [4.69, 9.17) is 11.6 Å². The third-order valence-corrected chi connectivity index (χ3v) is 4.93. The smallest absolute Gasteiger partial charge is 0.264 e. The summed E-state index contributed by atoms with van der Waals surface area (Å²) in [4.78, 5) is 7.35. The number of rotatable bonds is 4. The monoisotopic (exact) mass is 381 g/mol. The van der Waals surface area contributed by atoms with Gasteiger partial charge < -0.3 is 0 Å². The largest absolute Gasteiger partial charge is 0.276 e. The highest BCUT2D eigenvalue weighted by atomic mass is 35.5. The molecule has 0 fully saturated rings. The Morgan fingerprint density at radius 1 is 1.04 bits per heavy atom. The minimum atomic E-state index is -4.32. The van der Waals surface area contributed by atoms with Gasteiger partial charge in [-0.15, -0.1) is 0 Å².